The second-order valence-electron chi connectivity index (χ2n) is 6.49. The Hall–Kier alpha value is -4.08. The van der Waals surface area contributed by atoms with Gasteiger partial charge in [0.05, 0.1) is 5.56 Å². The van der Waals surface area contributed by atoms with Crippen LogP contribution in [0.3, 0.4) is 0 Å². The zero-order chi connectivity index (χ0) is 22.2. The monoisotopic (exact) mass is 432 g/mol. The Balaban J connectivity index is 1.63. The van der Waals surface area contributed by atoms with Crippen molar-refractivity contribution in [2.45, 2.75) is 6.61 Å². The normalized spacial score (nSPS) is 10.8. The topological polar surface area (TPSA) is 99.4 Å². The molecule has 6 nitrogen and oxygen atoms in total. The van der Waals surface area contributed by atoms with Gasteiger partial charge in [0.1, 0.15) is 24.0 Å². The number of anilines is 1. The molecule has 0 aromatic heterocycles. The lowest BCUT2D eigenvalue weighted by Gasteiger charge is -2.07. The van der Waals surface area contributed by atoms with Crippen LogP contribution in [0.2, 0.25) is 5.02 Å². The van der Waals surface area contributed by atoms with E-state index in [0.29, 0.717) is 28.6 Å². The van der Waals surface area contributed by atoms with Gasteiger partial charge in [0, 0.05) is 10.7 Å². The van der Waals surface area contributed by atoms with Gasteiger partial charge in [-0.3, -0.25) is 4.79 Å². The molecule has 2 N–H and O–H groups in total. The fraction of sp³-hybridized carbons (Fsp3) is 0.0417. The summed E-state index contributed by atoms with van der Waals surface area (Å²) in [6, 6.07) is 21.9. The average molecular weight is 433 g/mol. The lowest BCUT2D eigenvalue weighted by molar-refractivity contribution is -0.112. The SMILES string of the molecule is N#C/C(=C\c1ccc(OCc2ccc(Cl)cc2)cc1)C(=O)Nc1ccc(C(=O)O)cc1. The summed E-state index contributed by atoms with van der Waals surface area (Å²) in [6.45, 7) is 0.388. The minimum Gasteiger partial charge on any atom is -0.489 e. The second-order valence-corrected chi connectivity index (χ2v) is 6.93. The lowest BCUT2D eigenvalue weighted by atomic mass is 10.1. The van der Waals surface area contributed by atoms with Crippen LogP contribution in [0, 0.1) is 11.3 Å². The van der Waals surface area contributed by atoms with Crippen LogP contribution >= 0.6 is 11.6 Å². The standard InChI is InChI=1S/C24H17ClN2O4/c25-20-7-1-17(2-8-20)15-31-22-11-3-16(4-12-22)13-19(14-26)23(28)27-21-9-5-18(6-10-21)24(29)30/h1-13H,15H2,(H,27,28)(H,29,30)/b19-13+. The number of nitrogens with one attached hydrogen (secondary N) is 1. The maximum atomic E-state index is 12.4. The highest BCUT2D eigenvalue weighted by molar-refractivity contribution is 6.30. The van der Waals surface area contributed by atoms with Gasteiger partial charge in [0.15, 0.2) is 0 Å². The van der Waals surface area contributed by atoms with Crippen molar-refractivity contribution >= 4 is 35.2 Å². The van der Waals surface area contributed by atoms with Gasteiger partial charge >= 0.3 is 5.97 Å². The van der Waals surface area contributed by atoms with E-state index >= 15 is 0 Å². The molecule has 31 heavy (non-hydrogen) atoms. The van der Waals surface area contributed by atoms with Crippen LogP contribution < -0.4 is 10.1 Å². The molecule has 0 aliphatic carbocycles. The van der Waals surface area contributed by atoms with Crippen molar-refractivity contribution in [1.29, 1.82) is 5.26 Å². The van der Waals surface area contributed by atoms with Gasteiger partial charge < -0.3 is 15.2 Å². The van der Waals surface area contributed by atoms with Crippen LogP contribution in [-0.2, 0) is 11.4 Å². The molecule has 7 heteroatoms. The third kappa shape index (κ3) is 6.20. The number of hydrogen-bond acceptors (Lipinski definition) is 4. The molecule has 0 spiro atoms. The van der Waals surface area contributed by atoms with Crippen molar-refractivity contribution in [3.05, 3.63) is 100 Å². The summed E-state index contributed by atoms with van der Waals surface area (Å²) in [6.07, 6.45) is 1.46. The number of carbonyl (C=O) groups is 2. The van der Waals surface area contributed by atoms with Crippen molar-refractivity contribution in [1.82, 2.24) is 0 Å². The van der Waals surface area contributed by atoms with Crippen molar-refractivity contribution in [2.75, 3.05) is 5.32 Å². The maximum Gasteiger partial charge on any atom is 0.335 e. The van der Waals surface area contributed by atoms with E-state index in [1.807, 2.05) is 18.2 Å². The molecule has 0 unspecified atom stereocenters. The average Bonchev–Trinajstić information content (AvgIpc) is 2.78. The van der Waals surface area contributed by atoms with Gasteiger partial charge in [-0.1, -0.05) is 35.9 Å². The Morgan fingerprint density at radius 2 is 1.65 bits per heavy atom. The van der Waals surface area contributed by atoms with Crippen molar-refractivity contribution in [2.24, 2.45) is 0 Å². The Labute approximate surface area is 184 Å². The van der Waals surface area contributed by atoms with Crippen LogP contribution in [0.1, 0.15) is 21.5 Å². The van der Waals surface area contributed by atoms with E-state index in [1.165, 1.54) is 30.3 Å². The predicted molar refractivity (Wildman–Crippen MR) is 118 cm³/mol. The Kier molecular flexibility index (Phi) is 7.05. The molecular weight excluding hydrogens is 416 g/mol. The molecule has 0 aliphatic rings. The third-order valence-corrected chi connectivity index (χ3v) is 4.52. The molecule has 3 aromatic rings. The first-order valence-electron chi connectivity index (χ1n) is 9.18. The number of hydrogen-bond donors (Lipinski definition) is 2. The molecule has 0 fully saturated rings. The number of amides is 1. The maximum absolute atomic E-state index is 12.4. The summed E-state index contributed by atoms with van der Waals surface area (Å²) in [4.78, 5) is 23.3. The fourth-order valence-electron chi connectivity index (χ4n) is 2.62. The molecule has 3 rings (SSSR count). The largest absolute Gasteiger partial charge is 0.489 e. The number of benzene rings is 3. The van der Waals surface area contributed by atoms with Crippen LogP contribution in [0.4, 0.5) is 5.69 Å². The fourth-order valence-corrected chi connectivity index (χ4v) is 2.74. The number of ether oxygens (including phenoxy) is 1. The van der Waals surface area contributed by atoms with Gasteiger partial charge in [-0.25, -0.2) is 4.79 Å². The van der Waals surface area contributed by atoms with Gasteiger partial charge in [0.25, 0.3) is 5.91 Å². The van der Waals surface area contributed by atoms with Crippen LogP contribution in [0.5, 0.6) is 5.75 Å². The summed E-state index contributed by atoms with van der Waals surface area (Å²) in [7, 11) is 0. The minimum absolute atomic E-state index is 0.0860. The zero-order valence-electron chi connectivity index (χ0n) is 16.2. The molecule has 0 radical (unpaired) electrons. The van der Waals surface area contributed by atoms with Crippen LogP contribution in [0.15, 0.2) is 78.4 Å². The minimum atomic E-state index is -1.06. The van der Waals surface area contributed by atoms with Crippen molar-refractivity contribution < 1.29 is 19.4 Å². The van der Waals surface area contributed by atoms with Gasteiger partial charge in [-0.2, -0.15) is 5.26 Å². The molecule has 3 aromatic carbocycles. The smallest absolute Gasteiger partial charge is 0.335 e. The number of carbonyl (C=O) groups excluding carboxylic acids is 1. The van der Waals surface area contributed by atoms with Crippen LogP contribution in [-0.4, -0.2) is 17.0 Å². The highest BCUT2D eigenvalue weighted by atomic mass is 35.5. The molecule has 0 saturated carbocycles. The van der Waals surface area contributed by atoms with E-state index in [-0.39, 0.29) is 11.1 Å². The Morgan fingerprint density at radius 3 is 2.23 bits per heavy atom. The molecule has 0 aliphatic heterocycles. The molecule has 0 bridgehead atoms. The summed E-state index contributed by atoms with van der Waals surface area (Å²) in [5, 5.41) is 21.5. The van der Waals surface area contributed by atoms with Crippen LogP contribution in [0.25, 0.3) is 6.08 Å². The highest BCUT2D eigenvalue weighted by Gasteiger charge is 2.10. The molecule has 0 atom stereocenters. The van der Waals surface area contributed by atoms with E-state index in [4.69, 9.17) is 21.4 Å². The third-order valence-electron chi connectivity index (χ3n) is 4.26. The lowest BCUT2D eigenvalue weighted by Crippen LogP contribution is -2.13. The van der Waals surface area contributed by atoms with Crippen molar-refractivity contribution in [3.63, 3.8) is 0 Å². The van der Waals surface area contributed by atoms with E-state index in [9.17, 15) is 14.9 Å². The molecular formula is C24H17ClN2O4. The number of halogens is 1. The summed E-state index contributed by atoms with van der Waals surface area (Å²) < 4.78 is 5.72. The summed E-state index contributed by atoms with van der Waals surface area (Å²) in [5.41, 5.74) is 2.05. The molecule has 0 heterocycles. The number of rotatable bonds is 7. The Bertz CT molecular complexity index is 1150. The predicted octanol–water partition coefficient (Wildman–Crippen LogP) is 5.16. The Morgan fingerprint density at radius 1 is 1.00 bits per heavy atom. The van der Waals surface area contributed by atoms with Crippen molar-refractivity contribution in [3.8, 4) is 11.8 Å². The quantitative estimate of drug-likeness (QED) is 0.396. The first-order valence-corrected chi connectivity index (χ1v) is 9.56. The zero-order valence-corrected chi connectivity index (χ0v) is 17.0. The number of carboxylic acids is 1. The van der Waals surface area contributed by atoms with E-state index in [0.717, 1.165) is 5.56 Å². The molecule has 0 saturated heterocycles. The van der Waals surface area contributed by atoms with Gasteiger partial charge in [-0.15, -0.1) is 0 Å². The number of carboxylic acid groups (broad SMARTS) is 1. The number of aromatic carboxylic acids is 1. The summed E-state index contributed by atoms with van der Waals surface area (Å²) in [5.74, 6) is -1.00. The first-order chi connectivity index (χ1) is 14.9. The van der Waals surface area contributed by atoms with Gasteiger partial charge in [0.2, 0.25) is 0 Å². The van der Waals surface area contributed by atoms with E-state index < -0.39 is 11.9 Å². The first kappa shape index (κ1) is 21.6. The number of nitriles is 1. The number of nitrogens with zero attached hydrogens (tertiary/aromatic N) is 1. The van der Waals surface area contributed by atoms with E-state index in [1.54, 1.807) is 36.4 Å². The van der Waals surface area contributed by atoms with E-state index in [2.05, 4.69) is 5.32 Å². The van der Waals surface area contributed by atoms with Gasteiger partial charge in [-0.05, 0) is 65.7 Å². The molecule has 1 amide bonds. The summed E-state index contributed by atoms with van der Waals surface area (Å²) >= 11 is 5.87. The highest BCUT2D eigenvalue weighted by Crippen LogP contribution is 2.18. The molecule has 154 valence electrons. The second kappa shape index (κ2) is 10.1.